The van der Waals surface area contributed by atoms with Crippen LogP contribution in [0.25, 0.3) is 0 Å². The Labute approximate surface area is 115 Å². The van der Waals surface area contributed by atoms with E-state index in [1.807, 2.05) is 12.1 Å². The van der Waals surface area contributed by atoms with Crippen LogP contribution in [0.2, 0.25) is 5.02 Å². The Morgan fingerprint density at radius 3 is 2.84 bits per heavy atom. The predicted molar refractivity (Wildman–Crippen MR) is 72.3 cm³/mol. The van der Waals surface area contributed by atoms with Gasteiger partial charge in [0, 0.05) is 22.6 Å². The van der Waals surface area contributed by atoms with E-state index in [0.29, 0.717) is 28.3 Å². The van der Waals surface area contributed by atoms with Crippen LogP contribution >= 0.6 is 11.6 Å². The van der Waals surface area contributed by atoms with Crippen molar-refractivity contribution in [3.05, 3.63) is 64.2 Å². The Bertz CT molecular complexity index is 728. The maximum Gasteiger partial charge on any atom is 0.261 e. The minimum Gasteiger partial charge on any atom is -0.366 e. The van der Waals surface area contributed by atoms with Gasteiger partial charge in [0.05, 0.1) is 5.69 Å². The standard InChI is InChI=1S/C15H10ClNO2/c16-10-6-5-9-8-15(19)12-4-2-1-3-11(12)14(18)17(15)13(9)7-10/h1-7,19H,8H2/t15-/m1/s1. The molecule has 1 amide bonds. The van der Waals surface area contributed by atoms with Crippen molar-refractivity contribution < 1.29 is 9.90 Å². The summed E-state index contributed by atoms with van der Waals surface area (Å²) < 4.78 is 0. The number of aliphatic hydroxyl groups is 1. The number of halogens is 1. The molecule has 0 radical (unpaired) electrons. The Hall–Kier alpha value is -1.84. The van der Waals surface area contributed by atoms with Crippen LogP contribution in [0, 0.1) is 0 Å². The summed E-state index contributed by atoms with van der Waals surface area (Å²) in [6.07, 6.45) is 0.405. The first-order valence-corrected chi connectivity index (χ1v) is 6.44. The van der Waals surface area contributed by atoms with Gasteiger partial charge in [0.2, 0.25) is 0 Å². The van der Waals surface area contributed by atoms with Gasteiger partial charge in [-0.15, -0.1) is 0 Å². The average molecular weight is 272 g/mol. The number of anilines is 1. The first-order chi connectivity index (χ1) is 9.11. The molecular formula is C15H10ClNO2. The van der Waals surface area contributed by atoms with Crippen LogP contribution in [0.3, 0.4) is 0 Å². The van der Waals surface area contributed by atoms with Gasteiger partial charge in [0.25, 0.3) is 5.91 Å². The van der Waals surface area contributed by atoms with Crippen molar-refractivity contribution in [2.45, 2.75) is 12.1 Å². The third kappa shape index (κ3) is 1.24. The van der Waals surface area contributed by atoms with Crippen molar-refractivity contribution in [1.29, 1.82) is 0 Å². The summed E-state index contributed by atoms with van der Waals surface area (Å²) >= 11 is 6.00. The number of amides is 1. The number of rotatable bonds is 0. The first-order valence-electron chi connectivity index (χ1n) is 6.06. The molecule has 4 heteroatoms. The highest BCUT2D eigenvalue weighted by Gasteiger charge is 2.53. The van der Waals surface area contributed by atoms with Gasteiger partial charge in [0.1, 0.15) is 0 Å². The van der Waals surface area contributed by atoms with E-state index in [9.17, 15) is 9.90 Å². The molecule has 0 fully saturated rings. The third-order valence-corrected chi connectivity index (χ3v) is 4.12. The summed E-state index contributed by atoms with van der Waals surface area (Å²) in [6.45, 7) is 0. The zero-order valence-corrected chi connectivity index (χ0v) is 10.7. The summed E-state index contributed by atoms with van der Waals surface area (Å²) in [5.74, 6) is -0.167. The van der Waals surface area contributed by atoms with Gasteiger partial charge in [-0.2, -0.15) is 0 Å². The molecule has 94 valence electrons. The van der Waals surface area contributed by atoms with Gasteiger partial charge in [-0.1, -0.05) is 35.9 Å². The van der Waals surface area contributed by atoms with E-state index in [0.717, 1.165) is 5.56 Å². The molecule has 0 spiro atoms. The third-order valence-electron chi connectivity index (χ3n) is 3.89. The molecule has 0 saturated heterocycles. The largest absolute Gasteiger partial charge is 0.366 e. The molecule has 3 nitrogen and oxygen atoms in total. The normalized spacial score (nSPS) is 23.3. The van der Waals surface area contributed by atoms with Crippen LogP contribution in [-0.2, 0) is 12.1 Å². The quantitative estimate of drug-likeness (QED) is 0.800. The van der Waals surface area contributed by atoms with Crippen molar-refractivity contribution in [2.24, 2.45) is 0 Å². The second-order valence-corrected chi connectivity index (χ2v) is 5.39. The molecule has 0 bridgehead atoms. The van der Waals surface area contributed by atoms with Gasteiger partial charge in [-0.25, -0.2) is 0 Å². The minimum absolute atomic E-state index is 0.167. The van der Waals surface area contributed by atoms with Crippen LogP contribution in [0.4, 0.5) is 5.69 Å². The van der Waals surface area contributed by atoms with Crippen LogP contribution in [-0.4, -0.2) is 11.0 Å². The summed E-state index contributed by atoms with van der Waals surface area (Å²) in [5.41, 5.74) is 1.62. The lowest BCUT2D eigenvalue weighted by atomic mass is 9.97. The molecular weight excluding hydrogens is 262 g/mol. The number of fused-ring (bicyclic) bond motifs is 5. The van der Waals surface area contributed by atoms with E-state index in [2.05, 4.69) is 0 Å². The van der Waals surface area contributed by atoms with Gasteiger partial charge >= 0.3 is 0 Å². The Morgan fingerprint density at radius 2 is 2.00 bits per heavy atom. The fraction of sp³-hybridized carbons (Fsp3) is 0.133. The average Bonchev–Trinajstić information content (AvgIpc) is 2.81. The van der Waals surface area contributed by atoms with Crippen molar-refractivity contribution in [3.8, 4) is 0 Å². The van der Waals surface area contributed by atoms with E-state index in [1.165, 1.54) is 4.90 Å². The van der Waals surface area contributed by atoms with E-state index < -0.39 is 5.72 Å². The molecule has 0 unspecified atom stereocenters. The van der Waals surface area contributed by atoms with Gasteiger partial charge in [-0.05, 0) is 23.8 Å². The molecule has 19 heavy (non-hydrogen) atoms. The summed E-state index contributed by atoms with van der Waals surface area (Å²) in [7, 11) is 0. The summed E-state index contributed by atoms with van der Waals surface area (Å²) in [5, 5.41) is 11.5. The molecule has 4 rings (SSSR count). The monoisotopic (exact) mass is 271 g/mol. The van der Waals surface area contributed by atoms with Crippen LogP contribution < -0.4 is 4.90 Å². The summed E-state index contributed by atoms with van der Waals surface area (Å²) in [4.78, 5) is 13.9. The van der Waals surface area contributed by atoms with E-state index in [1.54, 1.807) is 30.3 Å². The maximum atomic E-state index is 12.5. The highest BCUT2D eigenvalue weighted by Crippen LogP contribution is 2.49. The predicted octanol–water partition coefficient (Wildman–Crippen LogP) is 2.70. The number of carbonyl (C=O) groups excluding carboxylic acids is 1. The van der Waals surface area contributed by atoms with Crippen molar-refractivity contribution in [1.82, 2.24) is 0 Å². The zero-order chi connectivity index (χ0) is 13.2. The summed E-state index contributed by atoms with van der Waals surface area (Å²) in [6, 6.07) is 12.6. The highest BCUT2D eigenvalue weighted by atomic mass is 35.5. The minimum atomic E-state index is -1.26. The number of hydrogen-bond acceptors (Lipinski definition) is 2. The molecule has 2 aliphatic heterocycles. The lowest BCUT2D eigenvalue weighted by Crippen LogP contribution is -2.41. The molecule has 0 aliphatic carbocycles. The zero-order valence-electron chi connectivity index (χ0n) is 9.93. The SMILES string of the molecule is O=C1c2ccccc2[C@]2(O)Cc3ccc(Cl)cc3N12. The van der Waals surface area contributed by atoms with Crippen molar-refractivity contribution >= 4 is 23.2 Å². The number of carbonyl (C=O) groups is 1. The second kappa shape index (κ2) is 3.38. The first kappa shape index (κ1) is 11.0. The van der Waals surface area contributed by atoms with Crippen molar-refractivity contribution in [3.63, 3.8) is 0 Å². The molecule has 2 aromatic carbocycles. The Morgan fingerprint density at radius 1 is 1.21 bits per heavy atom. The molecule has 2 aliphatic rings. The fourth-order valence-corrected chi connectivity index (χ4v) is 3.24. The molecule has 0 aromatic heterocycles. The van der Waals surface area contributed by atoms with Crippen molar-refractivity contribution in [2.75, 3.05) is 4.90 Å². The Balaban J connectivity index is 1.99. The lowest BCUT2D eigenvalue weighted by Gasteiger charge is -2.27. The van der Waals surface area contributed by atoms with E-state index >= 15 is 0 Å². The van der Waals surface area contributed by atoms with Crippen LogP contribution in [0.1, 0.15) is 21.5 Å². The number of hydrogen-bond donors (Lipinski definition) is 1. The molecule has 1 atom stereocenters. The highest BCUT2D eigenvalue weighted by molar-refractivity contribution is 6.31. The fourth-order valence-electron chi connectivity index (χ4n) is 3.07. The van der Waals surface area contributed by atoms with Gasteiger partial charge in [-0.3, -0.25) is 9.69 Å². The maximum absolute atomic E-state index is 12.5. The van der Waals surface area contributed by atoms with E-state index in [4.69, 9.17) is 11.6 Å². The second-order valence-electron chi connectivity index (χ2n) is 4.95. The van der Waals surface area contributed by atoms with Gasteiger partial charge in [0.15, 0.2) is 5.72 Å². The molecule has 2 aromatic rings. The smallest absolute Gasteiger partial charge is 0.261 e. The number of nitrogens with zero attached hydrogens (tertiary/aromatic N) is 1. The molecule has 2 heterocycles. The lowest BCUT2D eigenvalue weighted by molar-refractivity contribution is 0.0476. The van der Waals surface area contributed by atoms with Crippen LogP contribution in [0.5, 0.6) is 0 Å². The Kier molecular flexibility index (Phi) is 1.96. The number of benzene rings is 2. The molecule has 1 N–H and O–H groups in total. The van der Waals surface area contributed by atoms with Gasteiger partial charge < -0.3 is 5.11 Å². The van der Waals surface area contributed by atoms with E-state index in [-0.39, 0.29) is 5.91 Å². The van der Waals surface area contributed by atoms with Crippen LogP contribution in [0.15, 0.2) is 42.5 Å². The topological polar surface area (TPSA) is 40.5 Å². The molecule has 0 saturated carbocycles.